The van der Waals surface area contributed by atoms with Gasteiger partial charge in [-0.05, 0) is 13.3 Å². The van der Waals surface area contributed by atoms with E-state index in [4.69, 9.17) is 5.11 Å². The van der Waals surface area contributed by atoms with E-state index in [2.05, 4.69) is 24.1 Å². The van der Waals surface area contributed by atoms with Crippen molar-refractivity contribution in [3.05, 3.63) is 16.1 Å². The first-order chi connectivity index (χ1) is 7.54. The van der Waals surface area contributed by atoms with Crippen molar-refractivity contribution in [2.24, 2.45) is 0 Å². The third-order valence-electron chi connectivity index (χ3n) is 2.18. The zero-order chi connectivity index (χ0) is 12.1. The number of aliphatic hydroxyl groups excluding tert-OH is 1. The number of aliphatic hydroxyl groups is 1. The Morgan fingerprint density at radius 3 is 2.75 bits per heavy atom. The number of nitrogens with one attached hydrogen (secondary N) is 1. The van der Waals surface area contributed by atoms with Crippen LogP contribution in [-0.4, -0.2) is 28.6 Å². The number of rotatable bonds is 5. The van der Waals surface area contributed by atoms with Crippen molar-refractivity contribution in [1.82, 2.24) is 10.3 Å². The maximum Gasteiger partial charge on any atom is 0.263 e. The molecule has 1 unspecified atom stereocenters. The van der Waals surface area contributed by atoms with Crippen molar-refractivity contribution in [2.45, 2.75) is 39.2 Å². The molecular formula is C11H18N2O2S. The molecule has 2 N–H and O–H groups in total. The lowest BCUT2D eigenvalue weighted by molar-refractivity contribution is 0.0938. The molecule has 16 heavy (non-hydrogen) atoms. The lowest BCUT2D eigenvalue weighted by Crippen LogP contribution is -2.32. The summed E-state index contributed by atoms with van der Waals surface area (Å²) in [5, 5.41) is 12.5. The average Bonchev–Trinajstić information content (AvgIpc) is 2.66. The van der Waals surface area contributed by atoms with Gasteiger partial charge in [0.25, 0.3) is 5.91 Å². The number of nitrogens with zero attached hydrogens (tertiary/aromatic N) is 1. The fourth-order valence-electron chi connectivity index (χ4n) is 1.22. The van der Waals surface area contributed by atoms with Crippen LogP contribution in [0.2, 0.25) is 0 Å². The molecule has 1 atom stereocenters. The van der Waals surface area contributed by atoms with Crippen molar-refractivity contribution in [3.63, 3.8) is 0 Å². The van der Waals surface area contributed by atoms with E-state index in [0.29, 0.717) is 17.2 Å². The molecule has 1 aromatic heterocycles. The van der Waals surface area contributed by atoms with Crippen LogP contribution in [0.15, 0.2) is 6.20 Å². The summed E-state index contributed by atoms with van der Waals surface area (Å²) < 4.78 is 0. The zero-order valence-electron chi connectivity index (χ0n) is 9.86. The Morgan fingerprint density at radius 1 is 1.56 bits per heavy atom. The van der Waals surface area contributed by atoms with Gasteiger partial charge in [-0.2, -0.15) is 0 Å². The highest BCUT2D eigenvalue weighted by atomic mass is 32.1. The molecular weight excluding hydrogens is 224 g/mol. The van der Waals surface area contributed by atoms with E-state index >= 15 is 0 Å². The summed E-state index contributed by atoms with van der Waals surface area (Å²) in [5.74, 6) is 0.242. The van der Waals surface area contributed by atoms with E-state index in [9.17, 15) is 4.79 Å². The van der Waals surface area contributed by atoms with Gasteiger partial charge in [0.05, 0.1) is 11.2 Å². The third kappa shape index (κ3) is 3.57. The van der Waals surface area contributed by atoms with Gasteiger partial charge in [-0.15, -0.1) is 11.3 Å². The maximum atomic E-state index is 11.7. The third-order valence-corrected chi connectivity index (χ3v) is 3.48. The molecule has 90 valence electrons. The van der Waals surface area contributed by atoms with Gasteiger partial charge < -0.3 is 10.4 Å². The molecule has 1 amide bonds. The van der Waals surface area contributed by atoms with Crippen LogP contribution in [0.5, 0.6) is 0 Å². The highest BCUT2D eigenvalue weighted by molar-refractivity contribution is 7.13. The van der Waals surface area contributed by atoms with Crippen LogP contribution < -0.4 is 5.32 Å². The smallest absolute Gasteiger partial charge is 0.263 e. The number of carbonyl (C=O) groups excluding carboxylic acids is 1. The Labute approximate surface area is 99.7 Å². The number of amides is 1. The van der Waals surface area contributed by atoms with E-state index < -0.39 is 0 Å². The van der Waals surface area contributed by atoms with Crippen molar-refractivity contribution in [1.29, 1.82) is 0 Å². The minimum atomic E-state index is -0.106. The van der Waals surface area contributed by atoms with Crippen LogP contribution in [-0.2, 0) is 0 Å². The first kappa shape index (κ1) is 13.1. The molecule has 0 radical (unpaired) electrons. The first-order valence-corrected chi connectivity index (χ1v) is 6.23. The standard InChI is InChI=1S/C11H18N2O2S/c1-7(2)11-12-6-9(16-11)10(15)13-8(3)4-5-14/h6-8,14H,4-5H2,1-3H3,(H,13,15). The van der Waals surface area contributed by atoms with Gasteiger partial charge in [0.2, 0.25) is 0 Å². The fourth-order valence-corrected chi connectivity index (χ4v) is 2.04. The van der Waals surface area contributed by atoms with Gasteiger partial charge in [0.15, 0.2) is 0 Å². The van der Waals surface area contributed by atoms with Crippen LogP contribution in [0.25, 0.3) is 0 Å². The minimum absolute atomic E-state index is 0.0119. The maximum absolute atomic E-state index is 11.7. The van der Waals surface area contributed by atoms with Gasteiger partial charge in [-0.25, -0.2) is 4.98 Å². The van der Waals surface area contributed by atoms with Crippen LogP contribution in [0, 0.1) is 0 Å². The topological polar surface area (TPSA) is 62.2 Å². The molecule has 0 aromatic carbocycles. The molecule has 0 aliphatic carbocycles. The lowest BCUT2D eigenvalue weighted by atomic mass is 10.2. The lowest BCUT2D eigenvalue weighted by Gasteiger charge is -2.10. The second kappa shape index (κ2) is 5.96. The van der Waals surface area contributed by atoms with E-state index in [1.807, 2.05) is 6.92 Å². The summed E-state index contributed by atoms with van der Waals surface area (Å²) in [6.45, 7) is 6.06. The molecule has 1 heterocycles. The molecule has 1 rings (SSSR count). The van der Waals surface area contributed by atoms with Gasteiger partial charge >= 0.3 is 0 Å². The van der Waals surface area contributed by atoms with Crippen molar-refractivity contribution >= 4 is 17.2 Å². The predicted octanol–water partition coefficient (Wildman–Crippen LogP) is 1.77. The summed E-state index contributed by atoms with van der Waals surface area (Å²) in [5.41, 5.74) is 0. The predicted molar refractivity (Wildman–Crippen MR) is 64.8 cm³/mol. The SMILES string of the molecule is CC(CCO)NC(=O)c1cnc(C(C)C)s1. The van der Waals surface area contributed by atoms with E-state index in [1.54, 1.807) is 6.20 Å². The zero-order valence-corrected chi connectivity index (χ0v) is 10.7. The van der Waals surface area contributed by atoms with Crippen molar-refractivity contribution < 1.29 is 9.90 Å². The van der Waals surface area contributed by atoms with Gasteiger partial charge in [-0.3, -0.25) is 4.79 Å². The Morgan fingerprint density at radius 2 is 2.25 bits per heavy atom. The van der Waals surface area contributed by atoms with Gasteiger partial charge in [0, 0.05) is 18.6 Å². The van der Waals surface area contributed by atoms with Crippen LogP contribution >= 0.6 is 11.3 Å². The number of thiazole rings is 1. The second-order valence-corrected chi connectivity index (χ2v) is 5.17. The quantitative estimate of drug-likeness (QED) is 0.827. The number of aromatic nitrogens is 1. The van der Waals surface area contributed by atoms with Gasteiger partial charge in [0.1, 0.15) is 4.88 Å². The highest BCUT2D eigenvalue weighted by Gasteiger charge is 2.14. The van der Waals surface area contributed by atoms with E-state index in [-0.39, 0.29) is 18.6 Å². The summed E-state index contributed by atoms with van der Waals surface area (Å²) in [4.78, 5) is 16.6. The van der Waals surface area contributed by atoms with Crippen molar-refractivity contribution in [2.75, 3.05) is 6.61 Å². The Bertz CT molecular complexity index is 350. The molecule has 0 fully saturated rings. The molecule has 0 spiro atoms. The molecule has 0 saturated heterocycles. The summed E-state index contributed by atoms with van der Waals surface area (Å²) in [6, 6.07) is -0.0119. The molecule has 5 heteroatoms. The molecule has 4 nitrogen and oxygen atoms in total. The largest absolute Gasteiger partial charge is 0.396 e. The molecule has 1 aromatic rings. The van der Waals surface area contributed by atoms with Crippen LogP contribution in [0.1, 0.15) is 47.8 Å². The van der Waals surface area contributed by atoms with Crippen molar-refractivity contribution in [3.8, 4) is 0 Å². The number of hydrogen-bond acceptors (Lipinski definition) is 4. The average molecular weight is 242 g/mol. The summed E-state index contributed by atoms with van der Waals surface area (Å²) >= 11 is 1.42. The monoisotopic (exact) mass is 242 g/mol. The fraction of sp³-hybridized carbons (Fsp3) is 0.636. The Balaban J connectivity index is 2.59. The number of carbonyl (C=O) groups is 1. The Kier molecular flexibility index (Phi) is 4.89. The highest BCUT2D eigenvalue weighted by Crippen LogP contribution is 2.20. The van der Waals surface area contributed by atoms with Crippen LogP contribution in [0.4, 0.5) is 0 Å². The Hall–Kier alpha value is -0.940. The number of hydrogen-bond donors (Lipinski definition) is 2. The van der Waals surface area contributed by atoms with E-state index in [0.717, 1.165) is 5.01 Å². The normalized spacial score (nSPS) is 12.8. The first-order valence-electron chi connectivity index (χ1n) is 5.42. The summed E-state index contributed by atoms with van der Waals surface area (Å²) in [6.07, 6.45) is 2.18. The molecule has 0 aliphatic rings. The second-order valence-electron chi connectivity index (χ2n) is 4.10. The molecule has 0 saturated carbocycles. The minimum Gasteiger partial charge on any atom is -0.396 e. The molecule has 0 aliphatic heterocycles. The summed E-state index contributed by atoms with van der Waals surface area (Å²) in [7, 11) is 0. The van der Waals surface area contributed by atoms with E-state index in [1.165, 1.54) is 11.3 Å². The van der Waals surface area contributed by atoms with Crippen LogP contribution in [0.3, 0.4) is 0 Å². The van der Waals surface area contributed by atoms with Gasteiger partial charge in [-0.1, -0.05) is 13.8 Å². The molecule has 0 bridgehead atoms.